The normalized spacial score (nSPS) is 14.8. The number of pyridine rings is 1. The van der Waals surface area contributed by atoms with Crippen LogP contribution >= 0.6 is 0 Å². The topological polar surface area (TPSA) is 84.3 Å². The van der Waals surface area contributed by atoms with Gasteiger partial charge >= 0.3 is 0 Å². The molecule has 2 heterocycles. The summed E-state index contributed by atoms with van der Waals surface area (Å²) in [6.45, 7) is 2.27. The van der Waals surface area contributed by atoms with E-state index in [0.717, 1.165) is 49.1 Å². The number of hydrogen-bond donors (Lipinski definition) is 2. The highest BCUT2D eigenvalue weighted by Gasteiger charge is 2.22. The third kappa shape index (κ3) is 3.85. The van der Waals surface area contributed by atoms with Crippen LogP contribution in [0.3, 0.4) is 0 Å². The molecule has 1 aliphatic rings. The number of furan rings is 1. The molecule has 0 spiro atoms. The fourth-order valence-corrected chi connectivity index (χ4v) is 3.21. The van der Waals surface area contributed by atoms with Gasteiger partial charge in [-0.15, -0.1) is 0 Å². The molecule has 2 N–H and O–H groups in total. The van der Waals surface area contributed by atoms with Gasteiger partial charge in [0.25, 0.3) is 11.5 Å². The zero-order chi connectivity index (χ0) is 17.8. The molecule has 2 aromatic rings. The van der Waals surface area contributed by atoms with E-state index in [1.165, 1.54) is 0 Å². The van der Waals surface area contributed by atoms with Crippen LogP contribution in [0.5, 0.6) is 0 Å². The van der Waals surface area contributed by atoms with Gasteiger partial charge in [-0.2, -0.15) is 0 Å². The van der Waals surface area contributed by atoms with Gasteiger partial charge in [0, 0.05) is 19.2 Å². The summed E-state index contributed by atoms with van der Waals surface area (Å²) in [6.07, 6.45) is 4.69. The molecule has 6 heteroatoms. The molecule has 0 radical (unpaired) electrons. The Bertz CT molecular complexity index is 806. The van der Waals surface area contributed by atoms with E-state index in [1.54, 1.807) is 13.2 Å². The Kier molecular flexibility index (Phi) is 5.38. The highest BCUT2D eigenvalue weighted by Crippen LogP contribution is 2.20. The molecule has 0 saturated carbocycles. The third-order valence-corrected chi connectivity index (χ3v) is 4.60. The number of carbonyl (C=O) groups excluding carboxylic acids is 1. The molecule has 0 bridgehead atoms. The van der Waals surface area contributed by atoms with Crippen LogP contribution in [-0.4, -0.2) is 24.6 Å². The van der Waals surface area contributed by atoms with E-state index in [-0.39, 0.29) is 17.7 Å². The molecule has 6 nitrogen and oxygen atoms in total. The zero-order valence-corrected chi connectivity index (χ0v) is 14.7. The standard InChI is InChI=1S/C19H24N2O4/c1-3-13-8-9-17(25-13)16(11-24-2)21-19(23)14-10-12-6-4-5-7-15(12)20-18(14)22/h8-10,16H,3-7,11H2,1-2H3,(H,20,22)(H,21,23). The van der Waals surface area contributed by atoms with E-state index in [9.17, 15) is 9.59 Å². The zero-order valence-electron chi connectivity index (χ0n) is 14.7. The molecule has 25 heavy (non-hydrogen) atoms. The fourth-order valence-electron chi connectivity index (χ4n) is 3.21. The van der Waals surface area contributed by atoms with Crippen molar-refractivity contribution >= 4 is 5.91 Å². The molecule has 1 amide bonds. The van der Waals surface area contributed by atoms with Crippen LogP contribution in [0.15, 0.2) is 27.4 Å². The quantitative estimate of drug-likeness (QED) is 0.843. The predicted octanol–water partition coefficient (Wildman–Crippen LogP) is 2.53. The highest BCUT2D eigenvalue weighted by atomic mass is 16.5. The van der Waals surface area contributed by atoms with Gasteiger partial charge in [0.2, 0.25) is 0 Å². The smallest absolute Gasteiger partial charge is 0.261 e. The lowest BCUT2D eigenvalue weighted by Gasteiger charge is -2.18. The van der Waals surface area contributed by atoms with Crippen molar-refractivity contribution in [3.8, 4) is 0 Å². The molecule has 1 atom stereocenters. The Morgan fingerprint density at radius 1 is 1.36 bits per heavy atom. The molecule has 134 valence electrons. The Labute approximate surface area is 146 Å². The largest absolute Gasteiger partial charge is 0.464 e. The van der Waals surface area contributed by atoms with Gasteiger partial charge in [-0.25, -0.2) is 0 Å². The van der Waals surface area contributed by atoms with Crippen molar-refractivity contribution in [2.75, 3.05) is 13.7 Å². The van der Waals surface area contributed by atoms with E-state index in [2.05, 4.69) is 10.3 Å². The lowest BCUT2D eigenvalue weighted by Crippen LogP contribution is -2.35. The minimum atomic E-state index is -0.437. The van der Waals surface area contributed by atoms with E-state index in [1.807, 2.05) is 19.1 Å². The first-order chi connectivity index (χ1) is 12.1. The van der Waals surface area contributed by atoms with Crippen molar-refractivity contribution in [3.63, 3.8) is 0 Å². The maximum Gasteiger partial charge on any atom is 0.261 e. The molecular weight excluding hydrogens is 320 g/mol. The minimum absolute atomic E-state index is 0.143. The number of nitrogens with one attached hydrogen (secondary N) is 2. The fraction of sp³-hybridized carbons (Fsp3) is 0.474. The Morgan fingerprint density at radius 3 is 2.88 bits per heavy atom. The number of aryl methyl sites for hydroxylation is 3. The molecule has 1 unspecified atom stereocenters. The van der Waals surface area contributed by atoms with Crippen molar-refractivity contribution in [2.24, 2.45) is 0 Å². The molecule has 0 saturated heterocycles. The molecule has 3 rings (SSSR count). The summed E-state index contributed by atoms with van der Waals surface area (Å²) in [5.74, 6) is 1.06. The minimum Gasteiger partial charge on any atom is -0.464 e. The average molecular weight is 344 g/mol. The summed E-state index contributed by atoms with van der Waals surface area (Å²) in [7, 11) is 1.56. The first-order valence-corrected chi connectivity index (χ1v) is 8.75. The van der Waals surface area contributed by atoms with Gasteiger partial charge in [0.05, 0.1) is 6.61 Å². The number of fused-ring (bicyclic) bond motifs is 1. The van der Waals surface area contributed by atoms with Crippen LogP contribution in [-0.2, 0) is 24.0 Å². The molecular formula is C19H24N2O4. The number of aromatic amines is 1. The summed E-state index contributed by atoms with van der Waals surface area (Å²) < 4.78 is 10.9. The SMILES string of the molecule is CCc1ccc(C(COC)NC(=O)c2cc3c([nH]c2=O)CCCC3)o1. The van der Waals surface area contributed by atoms with E-state index in [4.69, 9.17) is 9.15 Å². The van der Waals surface area contributed by atoms with Crippen LogP contribution < -0.4 is 10.9 Å². The van der Waals surface area contributed by atoms with Crippen LogP contribution in [0.1, 0.15) is 58.9 Å². The summed E-state index contributed by atoms with van der Waals surface area (Å²) in [6, 6.07) is 5.01. The van der Waals surface area contributed by atoms with Gasteiger partial charge in [0.15, 0.2) is 0 Å². The summed E-state index contributed by atoms with van der Waals surface area (Å²) >= 11 is 0. The lowest BCUT2D eigenvalue weighted by molar-refractivity contribution is 0.0880. The Balaban J connectivity index is 1.82. The molecule has 2 aromatic heterocycles. The van der Waals surface area contributed by atoms with E-state index < -0.39 is 11.9 Å². The second-order valence-corrected chi connectivity index (χ2v) is 6.36. The van der Waals surface area contributed by atoms with Crippen molar-refractivity contribution in [1.29, 1.82) is 0 Å². The Hall–Kier alpha value is -2.34. The van der Waals surface area contributed by atoms with Crippen molar-refractivity contribution < 1.29 is 13.9 Å². The third-order valence-electron chi connectivity index (χ3n) is 4.60. The summed E-state index contributed by atoms with van der Waals surface area (Å²) in [5.41, 5.74) is 1.82. The number of carbonyl (C=O) groups is 1. The van der Waals surface area contributed by atoms with Gasteiger partial charge in [-0.1, -0.05) is 6.92 Å². The van der Waals surface area contributed by atoms with Crippen molar-refractivity contribution in [1.82, 2.24) is 10.3 Å². The monoisotopic (exact) mass is 344 g/mol. The highest BCUT2D eigenvalue weighted by molar-refractivity contribution is 5.94. The van der Waals surface area contributed by atoms with Crippen LogP contribution in [0, 0.1) is 0 Å². The Morgan fingerprint density at radius 2 is 2.16 bits per heavy atom. The maximum atomic E-state index is 12.7. The molecule has 0 aromatic carbocycles. The second kappa shape index (κ2) is 7.70. The molecule has 0 aliphatic heterocycles. The van der Waals surface area contributed by atoms with Gasteiger partial charge in [-0.05, 0) is 49.4 Å². The lowest BCUT2D eigenvalue weighted by atomic mass is 9.95. The van der Waals surface area contributed by atoms with Crippen molar-refractivity contribution in [2.45, 2.75) is 45.1 Å². The number of amides is 1. The number of ether oxygens (including phenoxy) is 1. The van der Waals surface area contributed by atoms with Crippen LogP contribution in [0.25, 0.3) is 0 Å². The summed E-state index contributed by atoms with van der Waals surface area (Å²) in [5, 5.41) is 2.86. The van der Waals surface area contributed by atoms with Crippen LogP contribution in [0.2, 0.25) is 0 Å². The second-order valence-electron chi connectivity index (χ2n) is 6.36. The number of aromatic nitrogens is 1. The summed E-state index contributed by atoms with van der Waals surface area (Å²) in [4.78, 5) is 27.8. The first-order valence-electron chi connectivity index (χ1n) is 8.75. The number of H-pyrrole nitrogens is 1. The van der Waals surface area contributed by atoms with Gasteiger partial charge in [-0.3, -0.25) is 9.59 Å². The maximum absolute atomic E-state index is 12.7. The predicted molar refractivity (Wildman–Crippen MR) is 93.9 cm³/mol. The van der Waals surface area contributed by atoms with Crippen molar-refractivity contribution in [3.05, 3.63) is 56.9 Å². The number of hydrogen-bond acceptors (Lipinski definition) is 4. The number of methoxy groups -OCH3 is 1. The van der Waals surface area contributed by atoms with E-state index in [0.29, 0.717) is 5.76 Å². The van der Waals surface area contributed by atoms with Crippen LogP contribution in [0.4, 0.5) is 0 Å². The van der Waals surface area contributed by atoms with Gasteiger partial charge < -0.3 is 19.5 Å². The molecule has 1 aliphatic carbocycles. The first kappa shape index (κ1) is 17.5. The average Bonchev–Trinajstić information content (AvgIpc) is 3.09. The molecule has 0 fully saturated rings. The van der Waals surface area contributed by atoms with E-state index >= 15 is 0 Å². The number of rotatable bonds is 6. The van der Waals surface area contributed by atoms with Gasteiger partial charge in [0.1, 0.15) is 23.1 Å².